The first-order chi connectivity index (χ1) is 11.0. The number of hydrogen-bond acceptors (Lipinski definition) is 4. The summed E-state index contributed by atoms with van der Waals surface area (Å²) in [6.07, 6.45) is 9.43. The van der Waals surface area contributed by atoms with Gasteiger partial charge in [-0.15, -0.1) is 0 Å². The van der Waals surface area contributed by atoms with Crippen molar-refractivity contribution in [1.29, 1.82) is 0 Å². The first kappa shape index (κ1) is 14.4. The molecule has 5 rings (SSSR count). The molecule has 0 aliphatic heterocycles. The molecular weight excluding hydrogens is 288 g/mol. The van der Waals surface area contributed by atoms with Crippen LogP contribution < -0.4 is 0 Å². The lowest BCUT2D eigenvalue weighted by Gasteiger charge is -2.59. The number of rotatable bonds is 0. The van der Waals surface area contributed by atoms with E-state index in [1.807, 2.05) is 0 Å². The van der Waals surface area contributed by atoms with E-state index in [1.54, 1.807) is 0 Å². The molecule has 4 nitrogen and oxygen atoms in total. The van der Waals surface area contributed by atoms with E-state index in [9.17, 15) is 5.11 Å². The third-order valence-corrected chi connectivity index (χ3v) is 8.64. The van der Waals surface area contributed by atoms with Crippen molar-refractivity contribution in [2.75, 3.05) is 0 Å². The normalized spacial score (nSPS) is 51.5. The van der Waals surface area contributed by atoms with E-state index in [2.05, 4.69) is 24.2 Å². The number of hydrogen-bond donors (Lipinski definition) is 1. The Labute approximate surface area is 138 Å². The van der Waals surface area contributed by atoms with Gasteiger partial charge in [-0.2, -0.15) is 0 Å². The van der Waals surface area contributed by atoms with Gasteiger partial charge in [0.1, 0.15) is 11.4 Å². The van der Waals surface area contributed by atoms with Gasteiger partial charge in [-0.1, -0.05) is 24.2 Å². The zero-order valence-electron chi connectivity index (χ0n) is 14.3. The van der Waals surface area contributed by atoms with Crippen molar-refractivity contribution >= 4 is 0 Å². The van der Waals surface area contributed by atoms with Crippen LogP contribution in [0.15, 0.2) is 4.63 Å². The maximum atomic E-state index is 10.5. The van der Waals surface area contributed by atoms with Crippen molar-refractivity contribution in [2.24, 2.45) is 28.6 Å². The van der Waals surface area contributed by atoms with E-state index >= 15 is 0 Å². The summed E-state index contributed by atoms with van der Waals surface area (Å²) in [5, 5.41) is 19.0. The molecule has 1 N–H and O–H groups in total. The van der Waals surface area contributed by atoms with Crippen molar-refractivity contribution in [3.05, 3.63) is 11.4 Å². The summed E-state index contributed by atoms with van der Waals surface area (Å²) in [5.41, 5.74) is 2.81. The maximum absolute atomic E-state index is 10.5. The highest BCUT2D eigenvalue weighted by Crippen LogP contribution is 2.67. The summed E-state index contributed by atoms with van der Waals surface area (Å²) in [6.45, 7) is 4.88. The molecule has 7 atom stereocenters. The SMILES string of the molecule is C[C@]12CCc3nonc3C1CC[C@@H]1C2CC[C@@]2(C)C1CC[C@@H]2O. The molecule has 0 aromatic carbocycles. The van der Waals surface area contributed by atoms with Gasteiger partial charge >= 0.3 is 0 Å². The number of aliphatic hydroxyl groups excluding tert-OH is 1. The van der Waals surface area contributed by atoms with Gasteiger partial charge in [0.05, 0.1) is 6.10 Å². The van der Waals surface area contributed by atoms with E-state index in [1.165, 1.54) is 38.5 Å². The van der Waals surface area contributed by atoms with Crippen LogP contribution in [0.25, 0.3) is 0 Å². The molecule has 0 radical (unpaired) electrons. The largest absolute Gasteiger partial charge is 0.393 e. The van der Waals surface area contributed by atoms with Gasteiger partial charge in [-0.3, -0.25) is 0 Å². The lowest BCUT2D eigenvalue weighted by Crippen LogP contribution is -2.53. The summed E-state index contributed by atoms with van der Waals surface area (Å²) in [7, 11) is 0. The number of aliphatic hydroxyl groups is 1. The van der Waals surface area contributed by atoms with Crippen LogP contribution in [0.5, 0.6) is 0 Å². The molecule has 4 aliphatic rings. The molecule has 3 saturated carbocycles. The Morgan fingerprint density at radius 1 is 0.957 bits per heavy atom. The van der Waals surface area contributed by atoms with Crippen LogP contribution in [0.3, 0.4) is 0 Å². The van der Waals surface area contributed by atoms with Crippen LogP contribution in [0.4, 0.5) is 0 Å². The Hall–Kier alpha value is -0.900. The lowest BCUT2D eigenvalue weighted by molar-refractivity contribution is -0.0996. The Morgan fingerprint density at radius 3 is 2.65 bits per heavy atom. The zero-order valence-corrected chi connectivity index (χ0v) is 14.3. The second-order valence-corrected chi connectivity index (χ2v) is 9.25. The minimum Gasteiger partial charge on any atom is -0.393 e. The second-order valence-electron chi connectivity index (χ2n) is 9.25. The van der Waals surface area contributed by atoms with E-state index in [-0.39, 0.29) is 11.5 Å². The van der Waals surface area contributed by atoms with E-state index in [0.717, 1.165) is 42.0 Å². The molecular formula is C19H28N2O2. The molecule has 1 heterocycles. The summed E-state index contributed by atoms with van der Waals surface area (Å²) < 4.78 is 5.06. The Kier molecular flexibility index (Phi) is 2.88. The van der Waals surface area contributed by atoms with E-state index in [0.29, 0.717) is 11.3 Å². The molecule has 3 fully saturated rings. The molecule has 126 valence electrons. The number of aromatic nitrogens is 2. The third-order valence-electron chi connectivity index (χ3n) is 8.64. The molecule has 1 aromatic rings. The molecule has 4 aliphatic carbocycles. The van der Waals surface area contributed by atoms with Gasteiger partial charge in [0.15, 0.2) is 0 Å². The van der Waals surface area contributed by atoms with Gasteiger partial charge in [0.2, 0.25) is 0 Å². The highest BCUT2D eigenvalue weighted by Gasteiger charge is 2.60. The fourth-order valence-corrected chi connectivity index (χ4v) is 7.28. The fraction of sp³-hybridized carbons (Fsp3) is 0.895. The smallest absolute Gasteiger partial charge is 0.111 e. The first-order valence-corrected chi connectivity index (χ1v) is 9.53. The van der Waals surface area contributed by atoms with Gasteiger partial charge < -0.3 is 5.11 Å². The van der Waals surface area contributed by atoms with Crippen LogP contribution in [0, 0.1) is 28.6 Å². The van der Waals surface area contributed by atoms with Crippen LogP contribution in [-0.2, 0) is 6.42 Å². The van der Waals surface area contributed by atoms with Crippen molar-refractivity contribution in [1.82, 2.24) is 10.3 Å². The molecule has 0 amide bonds. The summed E-state index contributed by atoms with van der Waals surface area (Å²) >= 11 is 0. The second kappa shape index (κ2) is 4.59. The summed E-state index contributed by atoms with van der Waals surface area (Å²) in [4.78, 5) is 0. The topological polar surface area (TPSA) is 59.2 Å². The molecule has 0 spiro atoms. The lowest BCUT2D eigenvalue weighted by atomic mass is 9.45. The number of aryl methyl sites for hydroxylation is 1. The minimum absolute atomic E-state index is 0.0725. The summed E-state index contributed by atoms with van der Waals surface area (Å²) in [6, 6.07) is 0. The monoisotopic (exact) mass is 316 g/mol. The summed E-state index contributed by atoms with van der Waals surface area (Å²) in [5.74, 6) is 2.85. The molecule has 0 saturated heterocycles. The van der Waals surface area contributed by atoms with E-state index < -0.39 is 0 Å². The van der Waals surface area contributed by atoms with Gasteiger partial charge in [0, 0.05) is 5.92 Å². The molecule has 4 heteroatoms. The molecule has 23 heavy (non-hydrogen) atoms. The van der Waals surface area contributed by atoms with Crippen molar-refractivity contribution in [2.45, 2.75) is 77.2 Å². The van der Waals surface area contributed by atoms with E-state index in [4.69, 9.17) is 4.63 Å². The number of nitrogens with zero attached hydrogens (tertiary/aromatic N) is 2. The van der Waals surface area contributed by atoms with Crippen molar-refractivity contribution in [3.8, 4) is 0 Å². The van der Waals surface area contributed by atoms with Crippen LogP contribution in [0.1, 0.15) is 76.1 Å². The first-order valence-electron chi connectivity index (χ1n) is 9.53. The predicted octanol–water partition coefficient (Wildman–Crippen LogP) is 3.70. The van der Waals surface area contributed by atoms with Crippen LogP contribution in [0.2, 0.25) is 0 Å². The van der Waals surface area contributed by atoms with Gasteiger partial charge in [-0.05, 0) is 80.0 Å². The Balaban J connectivity index is 1.51. The van der Waals surface area contributed by atoms with Gasteiger partial charge in [0.25, 0.3) is 0 Å². The molecule has 1 aromatic heterocycles. The predicted molar refractivity (Wildman–Crippen MR) is 85.8 cm³/mol. The van der Waals surface area contributed by atoms with Crippen LogP contribution >= 0.6 is 0 Å². The molecule has 0 bridgehead atoms. The third kappa shape index (κ3) is 1.71. The number of fused-ring (bicyclic) bond motifs is 7. The highest BCUT2D eigenvalue weighted by molar-refractivity contribution is 5.25. The fourth-order valence-electron chi connectivity index (χ4n) is 7.28. The zero-order chi connectivity index (χ0) is 15.8. The average molecular weight is 316 g/mol. The van der Waals surface area contributed by atoms with Gasteiger partial charge in [-0.25, -0.2) is 4.63 Å². The Bertz CT molecular complexity index is 629. The standard InChI is InChI=1S/C19H28N2O2/c1-18-10-8-15-17(21-23-20-15)14(18)4-3-11-12-5-6-16(22)19(12,2)9-7-13(11)18/h11-14,16,22H,3-10H2,1-2H3/t11-,12?,13?,14?,16-,18+,19-/m0/s1. The van der Waals surface area contributed by atoms with Crippen LogP contribution in [-0.4, -0.2) is 21.5 Å². The maximum Gasteiger partial charge on any atom is 0.111 e. The Morgan fingerprint density at radius 2 is 1.78 bits per heavy atom. The molecule has 3 unspecified atom stereocenters. The highest BCUT2D eigenvalue weighted by atomic mass is 16.6. The minimum atomic E-state index is -0.0725. The van der Waals surface area contributed by atoms with Crippen molar-refractivity contribution in [3.63, 3.8) is 0 Å². The quantitative estimate of drug-likeness (QED) is 0.793. The van der Waals surface area contributed by atoms with Crippen molar-refractivity contribution < 1.29 is 9.74 Å². The average Bonchev–Trinajstić information content (AvgIpc) is 3.12.